The highest BCUT2D eigenvalue weighted by atomic mass is 35.5. The number of fused-ring (bicyclic) bond motifs is 1. The molecule has 0 radical (unpaired) electrons. The lowest BCUT2D eigenvalue weighted by Crippen LogP contribution is -2.16. The second-order valence-corrected chi connectivity index (χ2v) is 5.18. The number of nitrogens with one attached hydrogen (secondary N) is 1. The molecule has 0 fully saturated rings. The number of rotatable bonds is 2. The summed E-state index contributed by atoms with van der Waals surface area (Å²) in [6.07, 6.45) is 0.882. The molecule has 0 aliphatic carbocycles. The van der Waals surface area contributed by atoms with Crippen molar-refractivity contribution in [2.45, 2.75) is 25.9 Å². The fourth-order valence-electron chi connectivity index (χ4n) is 2.66. The van der Waals surface area contributed by atoms with Crippen LogP contribution in [0.1, 0.15) is 28.6 Å². The van der Waals surface area contributed by atoms with Gasteiger partial charge < -0.3 is 5.32 Å². The van der Waals surface area contributed by atoms with Crippen molar-refractivity contribution in [2.75, 3.05) is 0 Å². The smallest absolute Gasteiger partial charge is 0.0847 e. The summed E-state index contributed by atoms with van der Waals surface area (Å²) in [6, 6.07) is 8.89. The lowest BCUT2D eigenvalue weighted by atomic mass is 10.0. The van der Waals surface area contributed by atoms with E-state index in [0.717, 1.165) is 29.4 Å². The minimum absolute atomic E-state index is 0.341. The summed E-state index contributed by atoms with van der Waals surface area (Å²) in [4.78, 5) is 0. The molecule has 94 valence electrons. The van der Waals surface area contributed by atoms with Gasteiger partial charge in [0.15, 0.2) is 0 Å². The van der Waals surface area contributed by atoms with Gasteiger partial charge in [0.25, 0.3) is 0 Å². The van der Waals surface area contributed by atoms with Crippen LogP contribution in [0.2, 0.25) is 5.02 Å². The number of aryl methyl sites for hydroxylation is 2. The van der Waals surface area contributed by atoms with Gasteiger partial charge in [-0.3, -0.25) is 4.68 Å². The Labute approximate surface area is 112 Å². The topological polar surface area (TPSA) is 29.9 Å². The van der Waals surface area contributed by atoms with Gasteiger partial charge >= 0.3 is 0 Å². The van der Waals surface area contributed by atoms with Crippen LogP contribution >= 0.6 is 11.6 Å². The Morgan fingerprint density at radius 3 is 2.94 bits per heavy atom. The van der Waals surface area contributed by atoms with Crippen LogP contribution in [-0.2, 0) is 20.0 Å². The molecule has 4 heteroatoms. The van der Waals surface area contributed by atoms with E-state index in [1.54, 1.807) is 0 Å². The number of hydrogen-bond acceptors (Lipinski definition) is 2. The van der Waals surface area contributed by atoms with E-state index in [1.165, 1.54) is 11.1 Å². The van der Waals surface area contributed by atoms with Gasteiger partial charge in [0.2, 0.25) is 0 Å². The monoisotopic (exact) mass is 261 g/mol. The summed E-state index contributed by atoms with van der Waals surface area (Å²) in [7, 11) is 1.95. The van der Waals surface area contributed by atoms with Crippen molar-refractivity contribution in [3.05, 3.63) is 51.8 Å². The average Bonchev–Trinajstić information content (AvgIpc) is 2.87. The minimum atomic E-state index is 0.341. The molecule has 2 heterocycles. The first-order valence-corrected chi connectivity index (χ1v) is 6.53. The lowest BCUT2D eigenvalue weighted by Gasteiger charge is -2.12. The lowest BCUT2D eigenvalue weighted by molar-refractivity contribution is 0.554. The highest BCUT2D eigenvalue weighted by Crippen LogP contribution is 2.30. The summed E-state index contributed by atoms with van der Waals surface area (Å²) in [5.41, 5.74) is 4.77. The van der Waals surface area contributed by atoms with E-state index in [2.05, 4.69) is 34.7 Å². The van der Waals surface area contributed by atoms with E-state index < -0.39 is 0 Å². The third kappa shape index (κ3) is 1.84. The Hall–Kier alpha value is -1.32. The number of aromatic nitrogens is 2. The predicted octanol–water partition coefficient (Wildman–Crippen LogP) is 2.77. The highest BCUT2D eigenvalue weighted by molar-refractivity contribution is 6.31. The van der Waals surface area contributed by atoms with E-state index in [-0.39, 0.29) is 0 Å². The van der Waals surface area contributed by atoms with Gasteiger partial charge in [-0.15, -0.1) is 0 Å². The molecule has 1 atom stereocenters. The van der Waals surface area contributed by atoms with Gasteiger partial charge in [-0.2, -0.15) is 5.10 Å². The average molecular weight is 262 g/mol. The van der Waals surface area contributed by atoms with Crippen molar-refractivity contribution in [3.63, 3.8) is 0 Å². The van der Waals surface area contributed by atoms with Gasteiger partial charge in [-0.25, -0.2) is 0 Å². The van der Waals surface area contributed by atoms with Crippen LogP contribution in [0.15, 0.2) is 24.3 Å². The summed E-state index contributed by atoms with van der Waals surface area (Å²) in [6.45, 7) is 2.89. The van der Waals surface area contributed by atoms with Crippen molar-refractivity contribution in [3.8, 4) is 0 Å². The zero-order valence-electron chi connectivity index (χ0n) is 10.6. The maximum absolute atomic E-state index is 6.31. The Balaban J connectivity index is 1.91. The molecule has 0 saturated heterocycles. The van der Waals surface area contributed by atoms with Crippen LogP contribution in [0.25, 0.3) is 0 Å². The molecular formula is C14H16ClN3. The summed E-state index contributed by atoms with van der Waals surface area (Å²) < 4.78 is 1.89. The van der Waals surface area contributed by atoms with Crippen molar-refractivity contribution in [1.82, 2.24) is 15.1 Å². The van der Waals surface area contributed by atoms with Crippen LogP contribution in [0, 0.1) is 6.92 Å². The SMILES string of the molecule is Cc1nn(C)c(CC2NCc3ccccc32)c1Cl. The fourth-order valence-corrected chi connectivity index (χ4v) is 2.89. The fraction of sp³-hybridized carbons (Fsp3) is 0.357. The van der Waals surface area contributed by atoms with Crippen LogP contribution < -0.4 is 5.32 Å². The number of benzene rings is 1. The van der Waals surface area contributed by atoms with E-state index in [9.17, 15) is 0 Å². The first kappa shape index (κ1) is 11.8. The Morgan fingerprint density at radius 2 is 2.22 bits per heavy atom. The predicted molar refractivity (Wildman–Crippen MR) is 72.7 cm³/mol. The molecule has 0 spiro atoms. The third-order valence-corrected chi connectivity index (χ3v) is 4.12. The molecule has 3 rings (SSSR count). The van der Waals surface area contributed by atoms with Crippen LogP contribution in [0.4, 0.5) is 0 Å². The summed E-state index contributed by atoms with van der Waals surface area (Å²) in [5, 5.41) is 8.70. The van der Waals surface area contributed by atoms with Crippen molar-refractivity contribution < 1.29 is 0 Å². The molecule has 3 nitrogen and oxygen atoms in total. The minimum Gasteiger partial charge on any atom is -0.305 e. The number of hydrogen-bond donors (Lipinski definition) is 1. The van der Waals surface area contributed by atoms with Crippen molar-refractivity contribution >= 4 is 11.6 Å². The van der Waals surface area contributed by atoms with Gasteiger partial charge in [0.05, 0.1) is 16.4 Å². The maximum atomic E-state index is 6.31. The largest absolute Gasteiger partial charge is 0.305 e. The molecule has 0 saturated carbocycles. The maximum Gasteiger partial charge on any atom is 0.0847 e. The van der Waals surface area contributed by atoms with E-state index in [0.29, 0.717) is 6.04 Å². The molecule has 1 aromatic heterocycles. The molecular weight excluding hydrogens is 246 g/mol. The zero-order valence-corrected chi connectivity index (χ0v) is 11.3. The normalized spacial score (nSPS) is 18.1. The van der Waals surface area contributed by atoms with Gasteiger partial charge in [0, 0.05) is 26.1 Å². The van der Waals surface area contributed by atoms with E-state index in [4.69, 9.17) is 11.6 Å². The Bertz CT molecular complexity index is 589. The first-order valence-electron chi connectivity index (χ1n) is 6.16. The Morgan fingerprint density at radius 1 is 1.44 bits per heavy atom. The van der Waals surface area contributed by atoms with Crippen LogP contribution in [-0.4, -0.2) is 9.78 Å². The standard InChI is InChI=1S/C14H16ClN3/c1-9-14(15)13(18(2)17-9)7-12-11-6-4-3-5-10(11)8-16-12/h3-6,12,16H,7-8H2,1-2H3. The number of nitrogens with zero attached hydrogens (tertiary/aromatic N) is 2. The van der Waals surface area contributed by atoms with Crippen molar-refractivity contribution in [1.29, 1.82) is 0 Å². The van der Waals surface area contributed by atoms with E-state index >= 15 is 0 Å². The molecule has 0 bridgehead atoms. The first-order chi connectivity index (χ1) is 8.66. The molecule has 2 aromatic rings. The molecule has 1 aliphatic heterocycles. The second-order valence-electron chi connectivity index (χ2n) is 4.81. The third-order valence-electron chi connectivity index (χ3n) is 3.63. The Kier molecular flexibility index (Phi) is 2.88. The van der Waals surface area contributed by atoms with Gasteiger partial charge in [0.1, 0.15) is 0 Å². The molecule has 1 aromatic carbocycles. The quantitative estimate of drug-likeness (QED) is 0.901. The second kappa shape index (κ2) is 4.41. The molecule has 0 amide bonds. The molecule has 1 N–H and O–H groups in total. The van der Waals surface area contributed by atoms with Crippen LogP contribution in [0.3, 0.4) is 0 Å². The van der Waals surface area contributed by atoms with Gasteiger partial charge in [-0.1, -0.05) is 35.9 Å². The highest BCUT2D eigenvalue weighted by Gasteiger charge is 2.24. The van der Waals surface area contributed by atoms with Crippen molar-refractivity contribution in [2.24, 2.45) is 7.05 Å². The van der Waals surface area contributed by atoms with Crippen LogP contribution in [0.5, 0.6) is 0 Å². The summed E-state index contributed by atoms with van der Waals surface area (Å²) in [5.74, 6) is 0. The van der Waals surface area contributed by atoms with Gasteiger partial charge in [-0.05, 0) is 18.1 Å². The number of halogens is 1. The molecule has 1 aliphatic rings. The summed E-state index contributed by atoms with van der Waals surface area (Å²) >= 11 is 6.31. The zero-order chi connectivity index (χ0) is 12.7. The molecule has 18 heavy (non-hydrogen) atoms. The van der Waals surface area contributed by atoms with E-state index in [1.807, 2.05) is 18.7 Å². The molecule has 1 unspecified atom stereocenters.